The summed E-state index contributed by atoms with van der Waals surface area (Å²) in [5.41, 5.74) is 0.584. The molecule has 2 N–H and O–H groups in total. The number of benzene rings is 1. The summed E-state index contributed by atoms with van der Waals surface area (Å²) >= 11 is 0. The van der Waals surface area contributed by atoms with E-state index in [1.165, 1.54) is 11.8 Å². The van der Waals surface area contributed by atoms with E-state index in [-0.39, 0.29) is 18.5 Å². The summed E-state index contributed by atoms with van der Waals surface area (Å²) in [6.07, 6.45) is -0.280. The van der Waals surface area contributed by atoms with E-state index in [9.17, 15) is 19.5 Å². The van der Waals surface area contributed by atoms with Gasteiger partial charge in [-0.1, -0.05) is 12.1 Å². The summed E-state index contributed by atoms with van der Waals surface area (Å²) in [6.45, 7) is 3.52. The van der Waals surface area contributed by atoms with E-state index in [2.05, 4.69) is 0 Å². The molecule has 7 heteroatoms. The number of ketones is 1. The summed E-state index contributed by atoms with van der Waals surface area (Å²) in [5, 5.41) is 18.9. The third kappa shape index (κ3) is 3.40. The first-order valence-electron chi connectivity index (χ1n) is 7.56. The molecule has 2 rings (SSSR count). The molecule has 24 heavy (non-hydrogen) atoms. The highest BCUT2D eigenvalue weighted by atomic mass is 16.5. The number of nitrogens with zero attached hydrogens (tertiary/aromatic N) is 1. The Morgan fingerprint density at radius 1 is 1.25 bits per heavy atom. The van der Waals surface area contributed by atoms with Crippen molar-refractivity contribution in [3.8, 4) is 5.75 Å². The molecule has 0 fully saturated rings. The van der Waals surface area contributed by atoms with Gasteiger partial charge in [0.1, 0.15) is 5.75 Å². The van der Waals surface area contributed by atoms with Crippen molar-refractivity contribution < 1.29 is 29.3 Å². The van der Waals surface area contributed by atoms with Gasteiger partial charge in [0.05, 0.1) is 24.6 Å². The van der Waals surface area contributed by atoms with E-state index < -0.39 is 29.5 Å². The average Bonchev–Trinajstić information content (AvgIpc) is 2.78. The van der Waals surface area contributed by atoms with Crippen molar-refractivity contribution in [2.75, 3.05) is 13.2 Å². The van der Waals surface area contributed by atoms with Crippen molar-refractivity contribution >= 4 is 17.7 Å². The highest BCUT2D eigenvalue weighted by molar-refractivity contribution is 6.08. The number of carboxylic acid groups (broad SMARTS) is 1. The van der Waals surface area contributed by atoms with Crippen LogP contribution in [0.3, 0.4) is 0 Å². The molecule has 1 aliphatic heterocycles. The normalized spacial score (nSPS) is 17.3. The Morgan fingerprint density at radius 2 is 1.88 bits per heavy atom. The molecule has 1 aromatic carbocycles. The van der Waals surface area contributed by atoms with E-state index in [4.69, 9.17) is 9.84 Å². The van der Waals surface area contributed by atoms with Gasteiger partial charge in [0, 0.05) is 6.54 Å². The van der Waals surface area contributed by atoms with E-state index in [1.807, 2.05) is 6.92 Å². The van der Waals surface area contributed by atoms with Gasteiger partial charge in [0.25, 0.3) is 5.91 Å². The number of hydrogen-bond donors (Lipinski definition) is 2. The number of hydrogen-bond acceptors (Lipinski definition) is 5. The van der Waals surface area contributed by atoms with Crippen LogP contribution in [0.1, 0.15) is 31.9 Å². The molecule has 128 valence electrons. The zero-order valence-corrected chi connectivity index (χ0v) is 13.5. The number of Topliss-reactive ketones (excluding diaryl/α,β-unsaturated/α-hetero) is 1. The first kappa shape index (κ1) is 17.5. The molecule has 1 heterocycles. The van der Waals surface area contributed by atoms with E-state index in [0.717, 1.165) is 0 Å². The molecule has 0 saturated carbocycles. The van der Waals surface area contributed by atoms with Gasteiger partial charge >= 0.3 is 5.97 Å². The summed E-state index contributed by atoms with van der Waals surface area (Å²) in [7, 11) is 0. The highest BCUT2D eigenvalue weighted by Crippen LogP contribution is 2.38. The Bertz CT molecular complexity index is 692. The van der Waals surface area contributed by atoms with Gasteiger partial charge in [-0.15, -0.1) is 0 Å². The number of aliphatic hydroxyl groups excluding tert-OH is 1. The number of aliphatic hydroxyl groups is 1. The molecule has 0 unspecified atom stereocenters. The summed E-state index contributed by atoms with van der Waals surface area (Å²) < 4.78 is 5.36. The van der Waals surface area contributed by atoms with Crippen LogP contribution in [-0.2, 0) is 14.4 Å². The standard InChI is InChI=1S/C17H19NO6/c1-3-24-12-6-4-11(5-7-12)15-14(10(2)19)16(22)17(23)18(15)9-8-13(20)21/h4-7,15,22H,3,8-9H2,1-2H3,(H,20,21)/t15-/m1/s1. The topological polar surface area (TPSA) is 104 Å². The predicted molar refractivity (Wildman–Crippen MR) is 84.7 cm³/mol. The summed E-state index contributed by atoms with van der Waals surface area (Å²) in [5.74, 6) is -2.21. The average molecular weight is 333 g/mol. The van der Waals surface area contributed by atoms with Crippen LogP contribution < -0.4 is 4.74 Å². The number of amides is 1. The number of ether oxygens (including phenoxy) is 1. The van der Waals surface area contributed by atoms with Crippen LogP contribution in [0.25, 0.3) is 0 Å². The maximum Gasteiger partial charge on any atom is 0.305 e. The SMILES string of the molecule is CCOc1ccc([C@@H]2C(C(C)=O)=C(O)C(=O)N2CCC(=O)O)cc1. The lowest BCUT2D eigenvalue weighted by molar-refractivity contribution is -0.138. The van der Waals surface area contributed by atoms with Crippen molar-refractivity contribution in [1.29, 1.82) is 0 Å². The molecule has 0 aromatic heterocycles. The van der Waals surface area contributed by atoms with E-state index in [1.54, 1.807) is 24.3 Å². The second-order valence-electron chi connectivity index (χ2n) is 5.37. The fraction of sp³-hybridized carbons (Fsp3) is 0.353. The second kappa shape index (κ2) is 7.16. The number of carboxylic acids is 1. The second-order valence-corrected chi connectivity index (χ2v) is 5.37. The van der Waals surface area contributed by atoms with Crippen LogP contribution in [-0.4, -0.2) is 45.9 Å². The summed E-state index contributed by atoms with van der Waals surface area (Å²) in [6, 6.07) is 5.98. The number of rotatable bonds is 7. The van der Waals surface area contributed by atoms with Crippen molar-refractivity contribution in [3.05, 3.63) is 41.2 Å². The van der Waals surface area contributed by atoms with Crippen LogP contribution >= 0.6 is 0 Å². The Hall–Kier alpha value is -2.83. The predicted octanol–water partition coefficient (Wildman–Crippen LogP) is 1.84. The van der Waals surface area contributed by atoms with Gasteiger partial charge in [-0.3, -0.25) is 14.4 Å². The minimum atomic E-state index is -1.07. The van der Waals surface area contributed by atoms with Crippen molar-refractivity contribution in [2.45, 2.75) is 26.3 Å². The molecular weight excluding hydrogens is 314 g/mol. The minimum absolute atomic E-state index is 0.0189. The van der Waals surface area contributed by atoms with Gasteiger partial charge in [0.2, 0.25) is 0 Å². The fourth-order valence-electron chi connectivity index (χ4n) is 2.72. The number of aliphatic carboxylic acids is 1. The number of carbonyl (C=O) groups is 3. The van der Waals surface area contributed by atoms with Crippen LogP contribution in [0.5, 0.6) is 5.75 Å². The molecule has 7 nitrogen and oxygen atoms in total. The van der Waals surface area contributed by atoms with Gasteiger partial charge in [-0.2, -0.15) is 0 Å². The third-order valence-corrected chi connectivity index (χ3v) is 3.76. The van der Waals surface area contributed by atoms with E-state index in [0.29, 0.717) is 17.9 Å². The molecule has 0 saturated heterocycles. The smallest absolute Gasteiger partial charge is 0.305 e. The Balaban J connectivity index is 2.40. The largest absolute Gasteiger partial charge is 0.503 e. The number of carbonyl (C=O) groups excluding carboxylic acids is 2. The fourth-order valence-corrected chi connectivity index (χ4v) is 2.72. The quantitative estimate of drug-likeness (QED) is 0.789. The van der Waals surface area contributed by atoms with Crippen LogP contribution in [0, 0.1) is 0 Å². The zero-order valence-electron chi connectivity index (χ0n) is 13.5. The van der Waals surface area contributed by atoms with Gasteiger partial charge in [-0.25, -0.2) is 0 Å². The molecule has 0 bridgehead atoms. The molecule has 1 aliphatic rings. The zero-order chi connectivity index (χ0) is 17.9. The van der Waals surface area contributed by atoms with Crippen molar-refractivity contribution in [3.63, 3.8) is 0 Å². The van der Waals surface area contributed by atoms with Crippen molar-refractivity contribution in [1.82, 2.24) is 4.90 Å². The lowest BCUT2D eigenvalue weighted by Gasteiger charge is -2.26. The Labute approximate surface area is 139 Å². The lowest BCUT2D eigenvalue weighted by atomic mass is 9.96. The first-order chi connectivity index (χ1) is 11.4. The lowest BCUT2D eigenvalue weighted by Crippen LogP contribution is -2.33. The molecule has 0 radical (unpaired) electrons. The molecule has 1 aromatic rings. The summed E-state index contributed by atoms with van der Waals surface area (Å²) in [4.78, 5) is 36.2. The van der Waals surface area contributed by atoms with Crippen LogP contribution in [0.15, 0.2) is 35.6 Å². The molecule has 1 amide bonds. The Kier molecular flexibility index (Phi) is 5.23. The van der Waals surface area contributed by atoms with Crippen LogP contribution in [0.4, 0.5) is 0 Å². The molecule has 0 spiro atoms. The monoisotopic (exact) mass is 333 g/mol. The van der Waals surface area contributed by atoms with E-state index >= 15 is 0 Å². The highest BCUT2D eigenvalue weighted by Gasteiger charge is 2.42. The van der Waals surface area contributed by atoms with Gasteiger partial charge < -0.3 is 19.8 Å². The van der Waals surface area contributed by atoms with Crippen LogP contribution in [0.2, 0.25) is 0 Å². The first-order valence-corrected chi connectivity index (χ1v) is 7.56. The molecule has 0 aliphatic carbocycles. The minimum Gasteiger partial charge on any atom is -0.503 e. The molecular formula is C17H19NO6. The van der Waals surface area contributed by atoms with Crippen molar-refractivity contribution in [2.24, 2.45) is 0 Å². The van der Waals surface area contributed by atoms with Gasteiger partial charge in [-0.05, 0) is 31.5 Å². The Morgan fingerprint density at radius 3 is 2.38 bits per heavy atom. The third-order valence-electron chi connectivity index (χ3n) is 3.76. The van der Waals surface area contributed by atoms with Gasteiger partial charge in [0.15, 0.2) is 11.5 Å². The maximum absolute atomic E-state index is 12.2. The molecule has 1 atom stereocenters. The maximum atomic E-state index is 12.2.